The van der Waals surface area contributed by atoms with E-state index < -0.39 is 34.9 Å². The summed E-state index contributed by atoms with van der Waals surface area (Å²) in [6.07, 6.45) is 0. The Hall–Kier alpha value is -1.88. The van der Waals surface area contributed by atoms with Gasteiger partial charge in [0.2, 0.25) is 0 Å². The molecule has 0 saturated carbocycles. The molecule has 0 aliphatic rings. The Morgan fingerprint density at radius 2 is 1.37 bits per heavy atom. The Kier molecular flexibility index (Phi) is 3.57. The van der Waals surface area contributed by atoms with Gasteiger partial charge in [-0.2, -0.15) is 0 Å². The molecule has 2 rings (SSSR count). The summed E-state index contributed by atoms with van der Waals surface area (Å²) in [5, 5.41) is 0. The Morgan fingerprint density at radius 3 is 1.89 bits per heavy atom. The quantitative estimate of drug-likeness (QED) is 0.828. The van der Waals surface area contributed by atoms with E-state index in [1.165, 1.54) is 12.1 Å². The van der Waals surface area contributed by atoms with Crippen molar-refractivity contribution in [3.8, 4) is 0 Å². The third-order valence-electron chi connectivity index (χ3n) is 2.78. The number of halogens is 4. The van der Waals surface area contributed by atoms with E-state index in [-0.39, 0.29) is 5.56 Å². The molecule has 1 atom stereocenters. The molecule has 0 heterocycles. The third-order valence-corrected chi connectivity index (χ3v) is 2.78. The zero-order valence-electron chi connectivity index (χ0n) is 10.1. The van der Waals surface area contributed by atoms with Crippen molar-refractivity contribution in [1.82, 2.24) is 0 Å². The fraction of sp³-hybridized carbons (Fsp3) is 0.143. The van der Waals surface area contributed by atoms with Crippen LogP contribution in [0.5, 0.6) is 0 Å². The fourth-order valence-corrected chi connectivity index (χ4v) is 1.96. The molecule has 0 aliphatic carbocycles. The first-order chi connectivity index (χ1) is 8.88. The maximum Gasteiger partial charge on any atom is 0.134 e. The zero-order chi connectivity index (χ0) is 14.2. The minimum atomic E-state index is -1.20. The van der Waals surface area contributed by atoms with Crippen LogP contribution in [0.3, 0.4) is 0 Å². The first-order valence-electron chi connectivity index (χ1n) is 5.55. The Balaban J connectivity index is 2.52. The number of hydrogen-bond acceptors (Lipinski definition) is 1. The second-order valence-electron chi connectivity index (χ2n) is 4.32. The molecule has 0 saturated heterocycles. The Labute approximate surface area is 107 Å². The lowest BCUT2D eigenvalue weighted by molar-refractivity contribution is 0.514. The molecule has 2 N–H and O–H groups in total. The van der Waals surface area contributed by atoms with Crippen LogP contribution in [0, 0.1) is 30.2 Å². The van der Waals surface area contributed by atoms with E-state index in [1.54, 1.807) is 6.92 Å². The van der Waals surface area contributed by atoms with Crippen LogP contribution in [0.2, 0.25) is 0 Å². The first-order valence-corrected chi connectivity index (χ1v) is 5.55. The third kappa shape index (κ3) is 2.76. The van der Waals surface area contributed by atoms with Gasteiger partial charge in [-0.3, -0.25) is 0 Å². The highest BCUT2D eigenvalue weighted by Gasteiger charge is 2.20. The highest BCUT2D eigenvalue weighted by molar-refractivity contribution is 5.35. The number of benzene rings is 2. The van der Waals surface area contributed by atoms with Gasteiger partial charge in [0.1, 0.15) is 23.3 Å². The summed E-state index contributed by atoms with van der Waals surface area (Å²) < 4.78 is 53.3. The van der Waals surface area contributed by atoms with E-state index in [2.05, 4.69) is 0 Å². The molecule has 0 aliphatic heterocycles. The second-order valence-corrected chi connectivity index (χ2v) is 4.32. The molecule has 100 valence electrons. The van der Waals surface area contributed by atoms with Gasteiger partial charge in [-0.25, -0.2) is 17.6 Å². The molecule has 0 bridgehead atoms. The summed E-state index contributed by atoms with van der Waals surface area (Å²) in [4.78, 5) is 0. The predicted octanol–water partition coefficient (Wildman–Crippen LogP) is 3.60. The van der Waals surface area contributed by atoms with Crippen molar-refractivity contribution >= 4 is 0 Å². The van der Waals surface area contributed by atoms with Gasteiger partial charge in [0.25, 0.3) is 0 Å². The van der Waals surface area contributed by atoms with Gasteiger partial charge in [-0.1, -0.05) is 6.07 Å². The lowest BCUT2D eigenvalue weighted by Gasteiger charge is -2.15. The lowest BCUT2D eigenvalue weighted by atomic mass is 9.97. The summed E-state index contributed by atoms with van der Waals surface area (Å²) in [6.45, 7) is 1.64. The molecule has 0 fully saturated rings. The molecule has 1 nitrogen and oxygen atoms in total. The second kappa shape index (κ2) is 5.01. The van der Waals surface area contributed by atoms with Crippen LogP contribution in [0.4, 0.5) is 17.6 Å². The van der Waals surface area contributed by atoms with E-state index in [0.29, 0.717) is 17.7 Å². The zero-order valence-corrected chi connectivity index (χ0v) is 10.1. The van der Waals surface area contributed by atoms with Gasteiger partial charge >= 0.3 is 0 Å². The van der Waals surface area contributed by atoms with Crippen LogP contribution in [0.25, 0.3) is 0 Å². The number of rotatable bonds is 2. The van der Waals surface area contributed by atoms with Crippen molar-refractivity contribution in [1.29, 1.82) is 0 Å². The average Bonchev–Trinajstić information content (AvgIpc) is 2.25. The van der Waals surface area contributed by atoms with E-state index >= 15 is 0 Å². The fourth-order valence-electron chi connectivity index (χ4n) is 1.96. The largest absolute Gasteiger partial charge is 0.320 e. The van der Waals surface area contributed by atoms with Crippen LogP contribution in [-0.2, 0) is 0 Å². The summed E-state index contributed by atoms with van der Waals surface area (Å²) in [7, 11) is 0. The summed E-state index contributed by atoms with van der Waals surface area (Å²) in [6, 6.07) is 3.79. The average molecular weight is 269 g/mol. The molecule has 0 amide bonds. The van der Waals surface area contributed by atoms with Crippen LogP contribution in [0.15, 0.2) is 30.3 Å². The lowest BCUT2D eigenvalue weighted by Crippen LogP contribution is -2.16. The van der Waals surface area contributed by atoms with Crippen molar-refractivity contribution in [2.24, 2.45) is 5.73 Å². The van der Waals surface area contributed by atoms with Gasteiger partial charge < -0.3 is 5.73 Å². The Morgan fingerprint density at radius 1 is 0.842 bits per heavy atom. The van der Waals surface area contributed by atoms with Crippen molar-refractivity contribution in [2.75, 3.05) is 0 Å². The van der Waals surface area contributed by atoms with Crippen LogP contribution < -0.4 is 5.73 Å². The van der Waals surface area contributed by atoms with Crippen molar-refractivity contribution in [2.45, 2.75) is 13.0 Å². The molecule has 19 heavy (non-hydrogen) atoms. The summed E-state index contributed by atoms with van der Waals surface area (Å²) in [5.74, 6) is -3.76. The van der Waals surface area contributed by atoms with Crippen molar-refractivity contribution in [3.05, 3.63) is 70.3 Å². The monoisotopic (exact) mass is 269 g/mol. The molecule has 0 aromatic heterocycles. The van der Waals surface area contributed by atoms with Crippen molar-refractivity contribution in [3.63, 3.8) is 0 Å². The molecule has 5 heteroatoms. The normalized spacial score (nSPS) is 12.5. The van der Waals surface area contributed by atoms with Gasteiger partial charge in [0, 0.05) is 17.7 Å². The molecule has 0 radical (unpaired) electrons. The maximum atomic E-state index is 13.6. The molecule has 0 spiro atoms. The van der Waals surface area contributed by atoms with Crippen LogP contribution >= 0.6 is 0 Å². The van der Waals surface area contributed by atoms with Crippen LogP contribution in [-0.4, -0.2) is 0 Å². The molecular formula is C14H11F4N. The van der Waals surface area contributed by atoms with E-state index in [1.807, 2.05) is 0 Å². The molecular weight excluding hydrogens is 258 g/mol. The topological polar surface area (TPSA) is 26.0 Å². The Bertz CT molecular complexity index is 582. The van der Waals surface area contributed by atoms with Gasteiger partial charge in [-0.15, -0.1) is 0 Å². The highest BCUT2D eigenvalue weighted by Crippen LogP contribution is 2.26. The number of aryl methyl sites for hydroxylation is 1. The van der Waals surface area contributed by atoms with Gasteiger partial charge in [0.15, 0.2) is 0 Å². The van der Waals surface area contributed by atoms with Gasteiger partial charge in [-0.05, 0) is 30.2 Å². The van der Waals surface area contributed by atoms with E-state index in [0.717, 1.165) is 6.07 Å². The molecule has 2 aromatic rings. The maximum absolute atomic E-state index is 13.6. The number of nitrogens with two attached hydrogens (primary N) is 1. The molecule has 2 aromatic carbocycles. The first kappa shape index (κ1) is 13.5. The SMILES string of the molecule is Cc1cc(F)cc(C(N)c2c(F)cc(F)cc2F)c1. The minimum absolute atomic E-state index is 0.224. The van der Waals surface area contributed by atoms with Crippen LogP contribution in [0.1, 0.15) is 22.7 Å². The summed E-state index contributed by atoms with van der Waals surface area (Å²) >= 11 is 0. The summed E-state index contributed by atoms with van der Waals surface area (Å²) in [5.41, 5.74) is 6.06. The van der Waals surface area contributed by atoms with Crippen molar-refractivity contribution < 1.29 is 17.6 Å². The van der Waals surface area contributed by atoms with E-state index in [9.17, 15) is 17.6 Å². The van der Waals surface area contributed by atoms with E-state index in [4.69, 9.17) is 5.73 Å². The standard InChI is InChI=1S/C14H11F4N/c1-7-2-8(4-9(15)3-7)14(19)13-11(17)5-10(16)6-12(13)18/h2-6,14H,19H2,1H3. The minimum Gasteiger partial charge on any atom is -0.320 e. The highest BCUT2D eigenvalue weighted by atomic mass is 19.1. The predicted molar refractivity (Wildman–Crippen MR) is 63.5 cm³/mol. The molecule has 1 unspecified atom stereocenters. The van der Waals surface area contributed by atoms with Gasteiger partial charge in [0.05, 0.1) is 6.04 Å². The number of hydrogen-bond donors (Lipinski definition) is 1. The smallest absolute Gasteiger partial charge is 0.134 e.